The van der Waals surface area contributed by atoms with Crippen molar-refractivity contribution in [1.82, 2.24) is 14.5 Å². The van der Waals surface area contributed by atoms with Crippen molar-refractivity contribution >= 4 is 32.6 Å². The lowest BCUT2D eigenvalue weighted by atomic mass is 10.2. The predicted octanol–water partition coefficient (Wildman–Crippen LogP) is 2.70. The van der Waals surface area contributed by atoms with Gasteiger partial charge in [-0.2, -0.15) is 8.42 Å². The van der Waals surface area contributed by atoms with E-state index in [-0.39, 0.29) is 15.9 Å². The van der Waals surface area contributed by atoms with E-state index < -0.39 is 10.1 Å². The van der Waals surface area contributed by atoms with Gasteiger partial charge in [0.05, 0.1) is 6.33 Å². The van der Waals surface area contributed by atoms with E-state index in [1.807, 2.05) is 25.1 Å². The number of nitrogens with zero attached hydrogens (tertiary/aromatic N) is 3. The van der Waals surface area contributed by atoms with Gasteiger partial charge in [0.25, 0.3) is 0 Å². The maximum Gasteiger partial charge on any atom is 0.360 e. The number of hydrogen-bond donors (Lipinski definition) is 0. The molecule has 0 unspecified atom stereocenters. The largest absolute Gasteiger partial charge is 0.375 e. The first-order chi connectivity index (χ1) is 10.4. The fourth-order valence-corrected chi connectivity index (χ4v) is 3.36. The lowest BCUT2D eigenvalue weighted by Gasteiger charge is -2.08. The Hall–Kier alpha value is -2.12. The van der Waals surface area contributed by atoms with Gasteiger partial charge in [0, 0.05) is 18.1 Å². The molecule has 3 aromatic rings. The minimum absolute atomic E-state index is 0.00984. The number of pyridine rings is 1. The summed E-state index contributed by atoms with van der Waals surface area (Å²) in [6.45, 7) is 1.82. The number of halogens is 1. The van der Waals surface area contributed by atoms with Crippen LogP contribution in [0.1, 0.15) is 5.69 Å². The van der Waals surface area contributed by atoms with E-state index >= 15 is 0 Å². The number of fused-ring (bicyclic) bond motifs is 1. The molecule has 0 aliphatic carbocycles. The molecule has 0 aliphatic heterocycles. The zero-order valence-corrected chi connectivity index (χ0v) is 13.4. The molecule has 0 radical (unpaired) electrons. The van der Waals surface area contributed by atoms with Crippen molar-refractivity contribution in [1.29, 1.82) is 0 Å². The summed E-state index contributed by atoms with van der Waals surface area (Å²) in [5.41, 5.74) is 1.23. The minimum Gasteiger partial charge on any atom is -0.375 e. The lowest BCUT2D eigenvalue weighted by Crippen LogP contribution is -2.11. The van der Waals surface area contributed by atoms with Crippen molar-refractivity contribution in [2.24, 2.45) is 7.05 Å². The molecular weight excluding hydrogens is 326 g/mol. The predicted molar refractivity (Wildman–Crippen MR) is 82.5 cm³/mol. The van der Waals surface area contributed by atoms with E-state index in [9.17, 15) is 8.42 Å². The first-order valence-corrected chi connectivity index (χ1v) is 8.15. The van der Waals surface area contributed by atoms with E-state index in [1.165, 1.54) is 10.9 Å². The van der Waals surface area contributed by atoms with Crippen LogP contribution in [0.15, 0.2) is 41.7 Å². The van der Waals surface area contributed by atoms with Gasteiger partial charge in [0.1, 0.15) is 5.52 Å². The monoisotopic (exact) mass is 337 g/mol. The molecule has 8 heteroatoms. The maximum atomic E-state index is 12.4. The highest BCUT2D eigenvalue weighted by atomic mass is 35.5. The molecule has 0 spiro atoms. The summed E-state index contributed by atoms with van der Waals surface area (Å²) in [4.78, 5) is 8.11. The number of rotatable bonds is 3. The first kappa shape index (κ1) is 14.8. The Morgan fingerprint density at radius 1 is 1.23 bits per heavy atom. The molecule has 0 saturated carbocycles. The van der Waals surface area contributed by atoms with E-state index in [4.69, 9.17) is 15.8 Å². The third-order valence-corrected chi connectivity index (χ3v) is 4.82. The second-order valence-electron chi connectivity index (χ2n) is 4.77. The van der Waals surface area contributed by atoms with Crippen LogP contribution < -0.4 is 4.18 Å². The van der Waals surface area contributed by atoms with Crippen molar-refractivity contribution in [3.63, 3.8) is 0 Å². The third-order valence-electron chi connectivity index (χ3n) is 3.09. The fraction of sp³-hybridized carbons (Fsp3) is 0.143. The van der Waals surface area contributed by atoms with Gasteiger partial charge in [0.15, 0.2) is 10.9 Å². The highest BCUT2D eigenvalue weighted by molar-refractivity contribution is 7.87. The van der Waals surface area contributed by atoms with E-state index in [2.05, 4.69) is 9.97 Å². The number of aromatic nitrogens is 3. The quantitative estimate of drug-likeness (QED) is 0.687. The second-order valence-corrected chi connectivity index (χ2v) is 6.59. The van der Waals surface area contributed by atoms with E-state index in [0.717, 1.165) is 11.1 Å². The molecule has 6 nitrogen and oxygen atoms in total. The van der Waals surface area contributed by atoms with Gasteiger partial charge in [-0.1, -0.05) is 29.8 Å². The Balaban J connectivity index is 2.10. The van der Waals surface area contributed by atoms with Crippen LogP contribution in [0.4, 0.5) is 0 Å². The summed E-state index contributed by atoms with van der Waals surface area (Å²) in [5.74, 6) is 0.142. The van der Waals surface area contributed by atoms with Crippen molar-refractivity contribution < 1.29 is 12.6 Å². The topological polar surface area (TPSA) is 74.1 Å². The van der Waals surface area contributed by atoms with Crippen LogP contribution in [0, 0.1) is 6.92 Å². The Morgan fingerprint density at radius 3 is 2.68 bits per heavy atom. The first-order valence-electron chi connectivity index (χ1n) is 6.36. The van der Waals surface area contributed by atoms with Gasteiger partial charge in [0.2, 0.25) is 5.03 Å². The zero-order valence-electron chi connectivity index (χ0n) is 11.8. The van der Waals surface area contributed by atoms with Gasteiger partial charge in [-0.25, -0.2) is 9.97 Å². The van der Waals surface area contributed by atoms with Crippen LogP contribution >= 0.6 is 11.6 Å². The molecule has 0 N–H and O–H groups in total. The average molecular weight is 338 g/mol. The third kappa shape index (κ3) is 2.53. The van der Waals surface area contributed by atoms with Gasteiger partial charge in [-0.05, 0) is 19.1 Å². The molecule has 0 atom stereocenters. The fourth-order valence-electron chi connectivity index (χ4n) is 2.00. The van der Waals surface area contributed by atoms with Crippen molar-refractivity contribution in [3.05, 3.63) is 47.5 Å². The van der Waals surface area contributed by atoms with Gasteiger partial charge in [-0.3, -0.25) is 0 Å². The van der Waals surface area contributed by atoms with Crippen molar-refractivity contribution in [2.75, 3.05) is 0 Å². The van der Waals surface area contributed by atoms with Crippen LogP contribution in [-0.2, 0) is 17.2 Å². The smallest absolute Gasteiger partial charge is 0.360 e. The Morgan fingerprint density at radius 2 is 2.00 bits per heavy atom. The Kier molecular flexibility index (Phi) is 3.54. The SMILES string of the molecule is Cc1ccc2cccc(OS(=O)(=O)c3ncn(C)c3Cl)c2n1. The number of para-hydroxylation sites is 1. The number of aryl methyl sites for hydroxylation is 2. The van der Waals surface area contributed by atoms with Crippen LogP contribution in [0.25, 0.3) is 10.9 Å². The van der Waals surface area contributed by atoms with Crippen molar-refractivity contribution in [3.8, 4) is 5.75 Å². The summed E-state index contributed by atoms with van der Waals surface area (Å²) >= 11 is 5.93. The van der Waals surface area contributed by atoms with Crippen LogP contribution in [-0.4, -0.2) is 23.0 Å². The van der Waals surface area contributed by atoms with Crippen LogP contribution in [0.3, 0.4) is 0 Å². The summed E-state index contributed by atoms with van der Waals surface area (Å²) in [6.07, 6.45) is 1.31. The summed E-state index contributed by atoms with van der Waals surface area (Å²) in [5, 5.41) is 0.455. The molecule has 0 aliphatic rings. The Labute approximate surface area is 132 Å². The highest BCUT2D eigenvalue weighted by Crippen LogP contribution is 2.28. The minimum atomic E-state index is -4.13. The van der Waals surface area contributed by atoms with E-state index in [1.54, 1.807) is 19.2 Å². The molecule has 0 saturated heterocycles. The maximum absolute atomic E-state index is 12.4. The molecule has 2 aromatic heterocycles. The molecule has 22 heavy (non-hydrogen) atoms. The molecule has 0 amide bonds. The standard InChI is InChI=1S/C14H12ClN3O3S/c1-9-6-7-10-4-3-5-11(12(10)17-9)21-22(19,20)14-13(15)18(2)8-16-14/h3-8H,1-2H3. The number of benzene rings is 1. The number of hydrogen-bond acceptors (Lipinski definition) is 5. The molecule has 1 aromatic carbocycles. The summed E-state index contributed by atoms with van der Waals surface area (Å²) < 4.78 is 31.3. The van der Waals surface area contributed by atoms with Crippen molar-refractivity contribution in [2.45, 2.75) is 11.9 Å². The molecular formula is C14H12ClN3O3S. The molecule has 2 heterocycles. The van der Waals surface area contributed by atoms with Gasteiger partial charge >= 0.3 is 10.1 Å². The van der Waals surface area contributed by atoms with Crippen LogP contribution in [0.2, 0.25) is 5.15 Å². The Bertz CT molecular complexity index is 967. The molecule has 114 valence electrons. The van der Waals surface area contributed by atoms with Crippen LogP contribution in [0.5, 0.6) is 5.75 Å². The van der Waals surface area contributed by atoms with Gasteiger partial charge in [-0.15, -0.1) is 0 Å². The normalized spacial score (nSPS) is 11.8. The van der Waals surface area contributed by atoms with E-state index in [0.29, 0.717) is 5.52 Å². The zero-order chi connectivity index (χ0) is 15.9. The summed E-state index contributed by atoms with van der Waals surface area (Å²) in [6, 6.07) is 8.77. The molecule has 3 rings (SSSR count). The molecule has 0 fully saturated rings. The lowest BCUT2D eigenvalue weighted by molar-refractivity contribution is 0.485. The highest BCUT2D eigenvalue weighted by Gasteiger charge is 2.25. The average Bonchev–Trinajstić information content (AvgIpc) is 2.80. The molecule has 0 bridgehead atoms. The summed E-state index contributed by atoms with van der Waals surface area (Å²) in [7, 11) is -2.54. The van der Waals surface area contributed by atoms with Gasteiger partial charge < -0.3 is 8.75 Å². The number of imidazole rings is 1. The second kappa shape index (κ2) is 5.26.